The fraction of sp³-hybridized carbons (Fsp3) is 0.364. The van der Waals surface area contributed by atoms with E-state index >= 15 is 0 Å². The molecule has 1 N–H and O–H groups in total. The van der Waals surface area contributed by atoms with E-state index in [9.17, 15) is 9.18 Å². The second-order valence-corrected chi connectivity index (χ2v) is 3.30. The summed E-state index contributed by atoms with van der Waals surface area (Å²) in [6, 6.07) is 6.21. The van der Waals surface area contributed by atoms with Crippen LogP contribution in [0.1, 0.15) is 24.9 Å². The molecule has 1 rings (SSSR count). The molecule has 0 aliphatic carbocycles. The Bertz CT molecular complexity index is 325. The number of Topliss-reactive ketones (excluding diaryl/α,β-unsaturated/α-hetero) is 1. The molecule has 1 aromatic carbocycles. The van der Waals surface area contributed by atoms with Gasteiger partial charge in [-0.1, -0.05) is 12.1 Å². The lowest BCUT2D eigenvalue weighted by molar-refractivity contribution is -0.117. The van der Waals surface area contributed by atoms with E-state index in [2.05, 4.69) is 5.32 Å². The molecule has 0 saturated heterocycles. The number of hydrogen-bond acceptors (Lipinski definition) is 2. The molecule has 76 valence electrons. The van der Waals surface area contributed by atoms with E-state index in [4.69, 9.17) is 0 Å². The fourth-order valence-corrected chi connectivity index (χ4v) is 1.40. The first-order valence-corrected chi connectivity index (χ1v) is 4.55. The summed E-state index contributed by atoms with van der Waals surface area (Å²) in [6.45, 7) is 1.53. The Morgan fingerprint density at radius 1 is 1.57 bits per heavy atom. The van der Waals surface area contributed by atoms with Gasteiger partial charge in [0.2, 0.25) is 0 Å². The quantitative estimate of drug-likeness (QED) is 0.796. The predicted molar refractivity (Wildman–Crippen MR) is 53.5 cm³/mol. The summed E-state index contributed by atoms with van der Waals surface area (Å²) in [4.78, 5) is 10.9. The third-order valence-electron chi connectivity index (χ3n) is 2.09. The van der Waals surface area contributed by atoms with Gasteiger partial charge in [-0.3, -0.25) is 4.79 Å². The Morgan fingerprint density at radius 2 is 2.29 bits per heavy atom. The van der Waals surface area contributed by atoms with Gasteiger partial charge in [0.15, 0.2) is 0 Å². The first-order valence-electron chi connectivity index (χ1n) is 4.55. The number of halogens is 1. The molecule has 0 amide bonds. The number of hydrogen-bond donors (Lipinski definition) is 1. The highest BCUT2D eigenvalue weighted by Crippen LogP contribution is 2.17. The highest BCUT2D eigenvalue weighted by atomic mass is 19.1. The smallest absolute Gasteiger partial charge is 0.131 e. The highest BCUT2D eigenvalue weighted by Gasteiger charge is 2.11. The Morgan fingerprint density at radius 3 is 2.79 bits per heavy atom. The molecule has 0 aromatic heterocycles. The van der Waals surface area contributed by atoms with Crippen LogP contribution in [0, 0.1) is 5.82 Å². The van der Waals surface area contributed by atoms with Crippen LogP contribution in [0.15, 0.2) is 24.3 Å². The van der Waals surface area contributed by atoms with Crippen molar-refractivity contribution in [1.29, 1.82) is 0 Å². The second-order valence-electron chi connectivity index (χ2n) is 3.30. The summed E-state index contributed by atoms with van der Waals surface area (Å²) in [5.74, 6) is -0.181. The summed E-state index contributed by atoms with van der Waals surface area (Å²) in [5, 5.41) is 2.99. The van der Waals surface area contributed by atoms with Crippen LogP contribution in [0.4, 0.5) is 4.39 Å². The average molecular weight is 195 g/mol. The standard InChI is InChI=1S/C11H14FNO/c1-8(14)6-11(13-2)9-4-3-5-10(12)7-9/h3-5,7,11,13H,6H2,1-2H3. The molecule has 14 heavy (non-hydrogen) atoms. The van der Waals surface area contributed by atoms with Crippen LogP contribution in [0.25, 0.3) is 0 Å². The third-order valence-corrected chi connectivity index (χ3v) is 2.09. The van der Waals surface area contributed by atoms with Crippen LogP contribution in [0.2, 0.25) is 0 Å². The molecule has 1 aromatic rings. The predicted octanol–water partition coefficient (Wildman–Crippen LogP) is 2.07. The van der Waals surface area contributed by atoms with E-state index in [1.54, 1.807) is 13.1 Å². The van der Waals surface area contributed by atoms with Crippen molar-refractivity contribution in [3.8, 4) is 0 Å². The molecule has 2 nitrogen and oxygen atoms in total. The van der Waals surface area contributed by atoms with Crippen LogP contribution >= 0.6 is 0 Å². The Balaban J connectivity index is 2.83. The van der Waals surface area contributed by atoms with E-state index in [1.807, 2.05) is 6.07 Å². The molecule has 0 heterocycles. The molecule has 1 unspecified atom stereocenters. The van der Waals surface area contributed by atoms with Crippen molar-refractivity contribution >= 4 is 5.78 Å². The second kappa shape index (κ2) is 4.86. The van der Waals surface area contributed by atoms with Gasteiger partial charge in [0.25, 0.3) is 0 Å². The first kappa shape index (κ1) is 10.9. The van der Waals surface area contributed by atoms with E-state index < -0.39 is 0 Å². The lowest BCUT2D eigenvalue weighted by Crippen LogP contribution is -2.19. The Labute approximate surface area is 83.1 Å². The Kier molecular flexibility index (Phi) is 3.77. The van der Waals surface area contributed by atoms with Crippen molar-refractivity contribution in [3.63, 3.8) is 0 Å². The zero-order chi connectivity index (χ0) is 10.6. The van der Waals surface area contributed by atoms with Crippen LogP contribution in [0.5, 0.6) is 0 Å². The topological polar surface area (TPSA) is 29.1 Å². The normalized spacial score (nSPS) is 12.5. The van der Waals surface area contributed by atoms with Crippen molar-refractivity contribution in [2.45, 2.75) is 19.4 Å². The molecule has 0 aliphatic rings. The van der Waals surface area contributed by atoms with E-state index in [0.717, 1.165) is 5.56 Å². The van der Waals surface area contributed by atoms with Crippen LogP contribution < -0.4 is 5.32 Å². The largest absolute Gasteiger partial charge is 0.313 e. The van der Waals surface area contributed by atoms with Crippen molar-refractivity contribution in [1.82, 2.24) is 5.32 Å². The van der Waals surface area contributed by atoms with Crippen LogP contribution in [0.3, 0.4) is 0 Å². The lowest BCUT2D eigenvalue weighted by atomic mass is 10.0. The van der Waals surface area contributed by atoms with E-state index in [0.29, 0.717) is 6.42 Å². The molecular weight excluding hydrogens is 181 g/mol. The van der Waals surface area contributed by atoms with Gasteiger partial charge in [-0.2, -0.15) is 0 Å². The summed E-state index contributed by atoms with van der Waals surface area (Å²) in [6.07, 6.45) is 0.389. The van der Waals surface area contributed by atoms with Crippen molar-refractivity contribution in [3.05, 3.63) is 35.6 Å². The number of nitrogens with one attached hydrogen (secondary N) is 1. The summed E-state index contributed by atoms with van der Waals surface area (Å²) >= 11 is 0. The monoisotopic (exact) mass is 195 g/mol. The number of rotatable bonds is 4. The van der Waals surface area contributed by atoms with Gasteiger partial charge in [-0.25, -0.2) is 4.39 Å². The number of carbonyl (C=O) groups is 1. The van der Waals surface area contributed by atoms with Gasteiger partial charge in [0.05, 0.1) is 0 Å². The van der Waals surface area contributed by atoms with Gasteiger partial charge < -0.3 is 5.32 Å². The van der Waals surface area contributed by atoms with Crippen molar-refractivity contribution < 1.29 is 9.18 Å². The molecule has 0 bridgehead atoms. The van der Waals surface area contributed by atoms with Crippen LogP contribution in [-0.4, -0.2) is 12.8 Å². The Hall–Kier alpha value is -1.22. The molecule has 0 radical (unpaired) electrons. The zero-order valence-corrected chi connectivity index (χ0v) is 8.38. The minimum Gasteiger partial charge on any atom is -0.313 e. The summed E-state index contributed by atoms with van der Waals surface area (Å²) in [7, 11) is 1.76. The molecule has 1 atom stereocenters. The van der Waals surface area contributed by atoms with Gasteiger partial charge in [-0.05, 0) is 31.7 Å². The first-order chi connectivity index (χ1) is 6.63. The molecule has 0 spiro atoms. The molecule has 0 aliphatic heterocycles. The summed E-state index contributed by atoms with van der Waals surface area (Å²) in [5.41, 5.74) is 0.808. The number of carbonyl (C=O) groups excluding carboxylic acids is 1. The van der Waals surface area contributed by atoms with Crippen molar-refractivity contribution in [2.24, 2.45) is 0 Å². The maximum atomic E-state index is 12.9. The molecular formula is C11H14FNO. The SMILES string of the molecule is CNC(CC(C)=O)c1cccc(F)c1. The maximum absolute atomic E-state index is 12.9. The lowest BCUT2D eigenvalue weighted by Gasteiger charge is -2.14. The maximum Gasteiger partial charge on any atom is 0.131 e. The van der Waals surface area contributed by atoms with Crippen molar-refractivity contribution in [2.75, 3.05) is 7.05 Å². The van der Waals surface area contributed by atoms with Gasteiger partial charge in [0.1, 0.15) is 11.6 Å². The van der Waals surface area contributed by atoms with Gasteiger partial charge in [0, 0.05) is 12.5 Å². The average Bonchev–Trinajstić information content (AvgIpc) is 2.14. The fourth-order valence-electron chi connectivity index (χ4n) is 1.40. The minimum atomic E-state index is -0.272. The molecule has 0 fully saturated rings. The van der Waals surface area contributed by atoms with Gasteiger partial charge >= 0.3 is 0 Å². The van der Waals surface area contributed by atoms with E-state index in [1.165, 1.54) is 19.1 Å². The van der Waals surface area contributed by atoms with Gasteiger partial charge in [-0.15, -0.1) is 0 Å². The molecule has 3 heteroatoms. The third kappa shape index (κ3) is 2.92. The molecule has 0 saturated carbocycles. The van der Waals surface area contributed by atoms with E-state index in [-0.39, 0.29) is 17.6 Å². The summed E-state index contributed by atoms with van der Waals surface area (Å²) < 4.78 is 12.9. The number of ketones is 1. The number of benzene rings is 1. The minimum absolute atomic E-state index is 0.0913. The highest BCUT2D eigenvalue weighted by molar-refractivity contribution is 5.76. The zero-order valence-electron chi connectivity index (χ0n) is 8.38. The van der Waals surface area contributed by atoms with Crippen LogP contribution in [-0.2, 0) is 4.79 Å².